The van der Waals surface area contributed by atoms with E-state index >= 15 is 0 Å². The first-order chi connectivity index (χ1) is 13.8. The molecule has 29 heavy (non-hydrogen) atoms. The van der Waals surface area contributed by atoms with Crippen molar-refractivity contribution in [3.8, 4) is 33.6 Å². The fraction of sp³-hybridized carbons (Fsp3) is 0.0455. The molecule has 0 unspecified atom stereocenters. The van der Waals surface area contributed by atoms with Crippen molar-refractivity contribution in [2.24, 2.45) is 0 Å². The number of halogens is 2. The summed E-state index contributed by atoms with van der Waals surface area (Å²) in [6.07, 6.45) is 1.20. The van der Waals surface area contributed by atoms with Crippen LogP contribution in [0.2, 0.25) is 10.0 Å². The standard InChI is InChI=1S/C22H16Cl2N2O2S/c1-29(27,28)19-5-3-2-4-18(19)20-21(14-6-10-16(23)11-7-14)25-26-22(20)15-8-12-17(24)13-9-15/h2-13H,1H3,(H,25,26). The second-order valence-corrected chi connectivity index (χ2v) is 9.46. The van der Waals surface area contributed by atoms with Gasteiger partial charge in [-0.25, -0.2) is 8.42 Å². The molecule has 4 nitrogen and oxygen atoms in total. The highest BCUT2D eigenvalue weighted by Gasteiger charge is 2.23. The summed E-state index contributed by atoms with van der Waals surface area (Å²) in [5.41, 5.74) is 4.31. The third-order valence-corrected chi connectivity index (χ3v) is 6.23. The highest BCUT2D eigenvalue weighted by atomic mass is 35.5. The minimum atomic E-state index is -3.45. The van der Waals surface area contributed by atoms with E-state index in [4.69, 9.17) is 23.2 Å². The van der Waals surface area contributed by atoms with Gasteiger partial charge in [0.2, 0.25) is 0 Å². The maximum atomic E-state index is 12.5. The monoisotopic (exact) mass is 442 g/mol. The van der Waals surface area contributed by atoms with Crippen molar-refractivity contribution in [1.29, 1.82) is 0 Å². The normalized spacial score (nSPS) is 11.6. The number of nitrogens with one attached hydrogen (secondary N) is 1. The Morgan fingerprint density at radius 3 is 1.93 bits per heavy atom. The summed E-state index contributed by atoms with van der Waals surface area (Å²) < 4.78 is 24.9. The smallest absolute Gasteiger partial charge is 0.176 e. The van der Waals surface area contributed by atoms with Crippen LogP contribution in [0.3, 0.4) is 0 Å². The van der Waals surface area contributed by atoms with Gasteiger partial charge < -0.3 is 0 Å². The molecule has 1 N–H and O–H groups in total. The molecule has 146 valence electrons. The molecule has 0 spiro atoms. The van der Waals surface area contributed by atoms with Gasteiger partial charge in [-0.05, 0) is 30.3 Å². The number of hydrogen-bond acceptors (Lipinski definition) is 3. The van der Waals surface area contributed by atoms with E-state index in [2.05, 4.69) is 10.2 Å². The topological polar surface area (TPSA) is 62.8 Å². The first-order valence-corrected chi connectivity index (χ1v) is 11.4. The highest BCUT2D eigenvalue weighted by molar-refractivity contribution is 7.90. The van der Waals surface area contributed by atoms with Crippen LogP contribution in [0.5, 0.6) is 0 Å². The van der Waals surface area contributed by atoms with Crippen molar-refractivity contribution in [2.45, 2.75) is 4.90 Å². The number of nitrogens with zero attached hydrogens (tertiary/aromatic N) is 1. The fourth-order valence-electron chi connectivity index (χ4n) is 3.24. The van der Waals surface area contributed by atoms with Crippen molar-refractivity contribution in [3.63, 3.8) is 0 Å². The Labute approximate surface area is 179 Å². The molecule has 0 atom stereocenters. The molecule has 7 heteroatoms. The summed E-state index contributed by atoms with van der Waals surface area (Å²) in [5, 5.41) is 8.82. The molecule has 0 fully saturated rings. The Hall–Kier alpha value is -2.60. The number of hydrogen-bond donors (Lipinski definition) is 1. The Morgan fingerprint density at radius 2 is 1.34 bits per heavy atom. The van der Waals surface area contributed by atoms with Crippen LogP contribution in [0.4, 0.5) is 0 Å². The van der Waals surface area contributed by atoms with E-state index < -0.39 is 9.84 Å². The van der Waals surface area contributed by atoms with Gasteiger partial charge in [0.15, 0.2) is 9.84 Å². The number of H-pyrrole nitrogens is 1. The predicted octanol–water partition coefficient (Wildman–Crippen LogP) is 6.12. The summed E-state index contributed by atoms with van der Waals surface area (Å²) in [4.78, 5) is 0.242. The molecular weight excluding hydrogens is 427 g/mol. The SMILES string of the molecule is CS(=O)(=O)c1ccccc1-c1c(-c2ccc(Cl)cc2)n[nH]c1-c1ccc(Cl)cc1. The van der Waals surface area contributed by atoms with E-state index in [1.54, 1.807) is 42.5 Å². The van der Waals surface area contributed by atoms with Crippen LogP contribution in [0.25, 0.3) is 33.6 Å². The Morgan fingerprint density at radius 1 is 0.793 bits per heavy atom. The molecular formula is C22H16Cl2N2O2S. The number of sulfone groups is 1. The van der Waals surface area contributed by atoms with Gasteiger partial charge in [0, 0.05) is 38.6 Å². The lowest BCUT2D eigenvalue weighted by Gasteiger charge is -2.11. The van der Waals surface area contributed by atoms with Gasteiger partial charge in [-0.3, -0.25) is 5.10 Å². The molecule has 4 aromatic rings. The van der Waals surface area contributed by atoms with Crippen LogP contribution in [0.15, 0.2) is 77.7 Å². The van der Waals surface area contributed by atoms with E-state index in [0.29, 0.717) is 32.6 Å². The maximum absolute atomic E-state index is 12.5. The molecule has 0 aliphatic heterocycles. The molecule has 4 rings (SSSR count). The Bertz CT molecular complexity index is 1220. The molecule has 1 aromatic heterocycles. The number of aromatic nitrogens is 2. The molecule has 0 saturated heterocycles. The van der Waals surface area contributed by atoms with Gasteiger partial charge in [0.1, 0.15) is 5.69 Å². The minimum absolute atomic E-state index is 0.242. The quantitative estimate of drug-likeness (QED) is 0.413. The van der Waals surface area contributed by atoms with Crippen LogP contribution in [0, 0.1) is 0 Å². The predicted molar refractivity (Wildman–Crippen MR) is 118 cm³/mol. The lowest BCUT2D eigenvalue weighted by Crippen LogP contribution is -2.00. The Balaban J connectivity index is 2.04. The molecule has 3 aromatic carbocycles. The summed E-state index contributed by atoms with van der Waals surface area (Å²) >= 11 is 12.1. The molecule has 0 saturated carbocycles. The Kier molecular flexibility index (Phi) is 5.21. The van der Waals surface area contributed by atoms with Crippen molar-refractivity contribution >= 4 is 33.0 Å². The third-order valence-electron chi connectivity index (χ3n) is 4.57. The molecule has 0 bridgehead atoms. The van der Waals surface area contributed by atoms with Crippen LogP contribution in [-0.2, 0) is 9.84 Å². The maximum Gasteiger partial charge on any atom is 0.176 e. The summed E-state index contributed by atoms with van der Waals surface area (Å²) in [6, 6.07) is 21.5. The highest BCUT2D eigenvalue weighted by Crippen LogP contribution is 2.41. The van der Waals surface area contributed by atoms with Gasteiger partial charge >= 0.3 is 0 Å². The zero-order valence-electron chi connectivity index (χ0n) is 15.4. The average molecular weight is 443 g/mol. The van der Waals surface area contributed by atoms with Gasteiger partial charge in [-0.1, -0.05) is 65.7 Å². The summed E-state index contributed by atoms with van der Waals surface area (Å²) in [7, 11) is -3.45. The number of rotatable bonds is 4. The van der Waals surface area contributed by atoms with E-state index in [9.17, 15) is 8.42 Å². The lowest BCUT2D eigenvalue weighted by atomic mass is 9.96. The third kappa shape index (κ3) is 3.94. The van der Waals surface area contributed by atoms with Gasteiger partial charge in [0.25, 0.3) is 0 Å². The van der Waals surface area contributed by atoms with Crippen molar-refractivity contribution in [1.82, 2.24) is 10.2 Å². The largest absolute Gasteiger partial charge is 0.277 e. The van der Waals surface area contributed by atoms with Crippen molar-refractivity contribution in [2.75, 3.05) is 6.26 Å². The lowest BCUT2D eigenvalue weighted by molar-refractivity contribution is 0.602. The summed E-state index contributed by atoms with van der Waals surface area (Å²) in [5.74, 6) is 0. The molecule has 0 aliphatic rings. The van der Waals surface area contributed by atoms with Crippen LogP contribution >= 0.6 is 23.2 Å². The minimum Gasteiger partial charge on any atom is -0.277 e. The van der Waals surface area contributed by atoms with Crippen molar-refractivity contribution < 1.29 is 8.42 Å². The average Bonchev–Trinajstić information content (AvgIpc) is 3.13. The molecule has 1 heterocycles. The second-order valence-electron chi connectivity index (χ2n) is 6.60. The van der Waals surface area contributed by atoms with Crippen molar-refractivity contribution in [3.05, 3.63) is 82.8 Å². The number of aromatic amines is 1. The zero-order valence-corrected chi connectivity index (χ0v) is 17.7. The second kappa shape index (κ2) is 7.67. The van der Waals surface area contributed by atoms with Crippen LogP contribution < -0.4 is 0 Å². The van der Waals surface area contributed by atoms with E-state index in [1.165, 1.54) is 6.26 Å². The van der Waals surface area contributed by atoms with Gasteiger partial charge in [0.05, 0.1) is 10.6 Å². The van der Waals surface area contributed by atoms with E-state index in [-0.39, 0.29) is 4.90 Å². The van der Waals surface area contributed by atoms with Gasteiger partial charge in [-0.2, -0.15) is 5.10 Å². The molecule has 0 amide bonds. The van der Waals surface area contributed by atoms with Crippen LogP contribution in [0.1, 0.15) is 0 Å². The number of benzene rings is 3. The first kappa shape index (κ1) is 19.7. The van der Waals surface area contributed by atoms with E-state index in [0.717, 1.165) is 11.1 Å². The molecule has 0 aliphatic carbocycles. The first-order valence-electron chi connectivity index (χ1n) is 8.74. The van der Waals surface area contributed by atoms with Gasteiger partial charge in [-0.15, -0.1) is 0 Å². The fourth-order valence-corrected chi connectivity index (χ4v) is 4.39. The van der Waals surface area contributed by atoms with E-state index in [1.807, 2.05) is 30.3 Å². The molecule has 0 radical (unpaired) electrons. The van der Waals surface area contributed by atoms with Crippen LogP contribution in [-0.4, -0.2) is 24.9 Å². The zero-order chi connectivity index (χ0) is 20.6. The summed E-state index contributed by atoms with van der Waals surface area (Å²) in [6.45, 7) is 0.